The zero-order valence-electron chi connectivity index (χ0n) is 15.4. The summed E-state index contributed by atoms with van der Waals surface area (Å²) in [5, 5.41) is 11.6. The normalized spacial score (nSPS) is 18.5. The van der Waals surface area contributed by atoms with Gasteiger partial charge in [0.1, 0.15) is 5.75 Å². The largest absolute Gasteiger partial charge is 0.494 e. The molecule has 8 heteroatoms. The molecule has 1 fully saturated rings. The Morgan fingerprint density at radius 2 is 2.19 bits per heavy atom. The maximum atomic E-state index is 13.0. The third kappa shape index (κ3) is 4.96. The van der Waals surface area contributed by atoms with Crippen molar-refractivity contribution in [3.8, 4) is 5.75 Å². The molecule has 1 amide bonds. The van der Waals surface area contributed by atoms with Crippen LogP contribution in [-0.4, -0.2) is 56.6 Å². The van der Waals surface area contributed by atoms with Crippen LogP contribution < -0.4 is 10.1 Å². The van der Waals surface area contributed by atoms with Gasteiger partial charge in [-0.2, -0.15) is 4.31 Å². The molecule has 0 aliphatic carbocycles. The molecule has 2 rings (SSSR count). The van der Waals surface area contributed by atoms with E-state index >= 15 is 0 Å². The molecule has 1 aliphatic heterocycles. The standard InChI is InChI=1S/C18H28N2O5S/c1-3-25-17-8-7-16(12-14(17)2)26(23,24)20-10-4-6-15(13-20)18(22)19-9-5-11-21/h7-8,12,15,21H,3-6,9-11,13H2,1-2H3,(H,19,22)/t15-/m1/s1. The van der Waals surface area contributed by atoms with Crippen LogP contribution in [0.1, 0.15) is 31.7 Å². The van der Waals surface area contributed by atoms with E-state index in [1.165, 1.54) is 4.31 Å². The molecule has 2 N–H and O–H groups in total. The Hall–Kier alpha value is -1.64. The molecule has 1 aromatic carbocycles. The Balaban J connectivity index is 2.10. The fourth-order valence-corrected chi connectivity index (χ4v) is 4.67. The molecule has 0 bridgehead atoms. The lowest BCUT2D eigenvalue weighted by Crippen LogP contribution is -2.45. The lowest BCUT2D eigenvalue weighted by molar-refractivity contribution is -0.126. The van der Waals surface area contributed by atoms with E-state index in [-0.39, 0.29) is 29.9 Å². The second-order valence-corrected chi connectivity index (χ2v) is 8.37. The number of ether oxygens (including phenoxy) is 1. The van der Waals surface area contributed by atoms with Crippen molar-refractivity contribution >= 4 is 15.9 Å². The van der Waals surface area contributed by atoms with E-state index in [0.29, 0.717) is 44.7 Å². The molecule has 7 nitrogen and oxygen atoms in total. The molecule has 1 aromatic rings. The highest BCUT2D eigenvalue weighted by atomic mass is 32.2. The summed E-state index contributed by atoms with van der Waals surface area (Å²) >= 11 is 0. The Kier molecular flexibility index (Phi) is 7.43. The van der Waals surface area contributed by atoms with Gasteiger partial charge in [-0.3, -0.25) is 4.79 Å². The Morgan fingerprint density at radius 1 is 1.42 bits per heavy atom. The lowest BCUT2D eigenvalue weighted by Gasteiger charge is -2.31. The highest BCUT2D eigenvalue weighted by molar-refractivity contribution is 7.89. The molecular weight excluding hydrogens is 356 g/mol. The number of amides is 1. The minimum Gasteiger partial charge on any atom is -0.494 e. The minimum atomic E-state index is -3.65. The van der Waals surface area contributed by atoms with Gasteiger partial charge in [0.05, 0.1) is 17.4 Å². The number of hydrogen-bond donors (Lipinski definition) is 2. The van der Waals surface area contributed by atoms with E-state index < -0.39 is 10.0 Å². The van der Waals surface area contributed by atoms with Gasteiger partial charge in [0.25, 0.3) is 0 Å². The van der Waals surface area contributed by atoms with E-state index in [2.05, 4.69) is 5.32 Å². The van der Waals surface area contributed by atoms with E-state index in [9.17, 15) is 13.2 Å². The highest BCUT2D eigenvalue weighted by Crippen LogP contribution is 2.27. The predicted molar refractivity (Wildman–Crippen MR) is 98.5 cm³/mol. The second-order valence-electron chi connectivity index (χ2n) is 6.43. The number of nitrogens with zero attached hydrogens (tertiary/aromatic N) is 1. The number of piperidine rings is 1. The lowest BCUT2D eigenvalue weighted by atomic mass is 9.99. The summed E-state index contributed by atoms with van der Waals surface area (Å²) in [6.45, 7) is 5.22. The highest BCUT2D eigenvalue weighted by Gasteiger charge is 2.33. The number of carbonyl (C=O) groups excluding carboxylic acids is 1. The van der Waals surface area contributed by atoms with Crippen molar-refractivity contribution in [2.24, 2.45) is 5.92 Å². The smallest absolute Gasteiger partial charge is 0.243 e. The first-order chi connectivity index (χ1) is 12.4. The van der Waals surface area contributed by atoms with Crippen LogP contribution in [0.3, 0.4) is 0 Å². The zero-order chi connectivity index (χ0) is 19.2. The minimum absolute atomic E-state index is 0.0164. The molecule has 0 aromatic heterocycles. The van der Waals surface area contributed by atoms with Crippen molar-refractivity contribution in [3.63, 3.8) is 0 Å². The number of aryl methyl sites for hydroxylation is 1. The van der Waals surface area contributed by atoms with Gasteiger partial charge in [-0.05, 0) is 56.9 Å². The van der Waals surface area contributed by atoms with Crippen LogP contribution >= 0.6 is 0 Å². The number of hydrogen-bond acceptors (Lipinski definition) is 5. The molecule has 146 valence electrons. The number of aliphatic hydroxyl groups excluding tert-OH is 1. The van der Waals surface area contributed by atoms with Gasteiger partial charge in [0.2, 0.25) is 15.9 Å². The van der Waals surface area contributed by atoms with Crippen LogP contribution in [0, 0.1) is 12.8 Å². The Labute approximate surface area is 155 Å². The summed E-state index contributed by atoms with van der Waals surface area (Å²) in [4.78, 5) is 12.4. The Bertz CT molecular complexity index is 720. The first-order valence-electron chi connectivity index (χ1n) is 9.02. The van der Waals surface area contributed by atoms with E-state index in [4.69, 9.17) is 9.84 Å². The van der Waals surface area contributed by atoms with Gasteiger partial charge in [-0.25, -0.2) is 8.42 Å². The van der Waals surface area contributed by atoms with Crippen LogP contribution in [0.2, 0.25) is 0 Å². The summed E-state index contributed by atoms with van der Waals surface area (Å²) in [7, 11) is -3.65. The van der Waals surface area contributed by atoms with Crippen LogP contribution in [0.25, 0.3) is 0 Å². The van der Waals surface area contributed by atoms with Gasteiger partial charge in [0.15, 0.2) is 0 Å². The molecule has 26 heavy (non-hydrogen) atoms. The third-order valence-corrected chi connectivity index (χ3v) is 6.33. The number of sulfonamides is 1. The summed E-state index contributed by atoms with van der Waals surface area (Å²) in [6.07, 6.45) is 1.80. The number of aliphatic hydroxyl groups is 1. The average Bonchev–Trinajstić information content (AvgIpc) is 2.63. The monoisotopic (exact) mass is 384 g/mol. The summed E-state index contributed by atoms with van der Waals surface area (Å²) < 4.78 is 32.8. The van der Waals surface area contributed by atoms with Crippen molar-refractivity contribution in [2.45, 2.75) is 38.0 Å². The van der Waals surface area contributed by atoms with Gasteiger partial charge in [-0.15, -0.1) is 0 Å². The average molecular weight is 384 g/mol. The van der Waals surface area contributed by atoms with Crippen molar-refractivity contribution < 1.29 is 23.1 Å². The molecule has 0 saturated carbocycles. The van der Waals surface area contributed by atoms with Crippen molar-refractivity contribution in [1.82, 2.24) is 9.62 Å². The summed E-state index contributed by atoms with van der Waals surface area (Å²) in [5.41, 5.74) is 0.767. The first-order valence-corrected chi connectivity index (χ1v) is 10.5. The summed E-state index contributed by atoms with van der Waals surface area (Å²) in [6, 6.07) is 4.85. The van der Waals surface area contributed by atoms with Crippen molar-refractivity contribution in [1.29, 1.82) is 0 Å². The summed E-state index contributed by atoms with van der Waals surface area (Å²) in [5.74, 6) is 0.161. The first kappa shape index (κ1) is 20.7. The second kappa shape index (κ2) is 9.34. The van der Waals surface area contributed by atoms with E-state index in [1.807, 2.05) is 13.8 Å². The van der Waals surface area contributed by atoms with Gasteiger partial charge in [-0.1, -0.05) is 0 Å². The Morgan fingerprint density at radius 3 is 2.85 bits per heavy atom. The van der Waals surface area contributed by atoms with Gasteiger partial charge in [0, 0.05) is 26.2 Å². The number of benzene rings is 1. The zero-order valence-corrected chi connectivity index (χ0v) is 16.2. The van der Waals surface area contributed by atoms with E-state index in [0.717, 1.165) is 5.56 Å². The molecular formula is C18H28N2O5S. The topological polar surface area (TPSA) is 95.9 Å². The van der Waals surface area contributed by atoms with Crippen LogP contribution in [0.5, 0.6) is 5.75 Å². The maximum absolute atomic E-state index is 13.0. The van der Waals surface area contributed by atoms with Crippen molar-refractivity contribution in [2.75, 3.05) is 32.8 Å². The fraction of sp³-hybridized carbons (Fsp3) is 0.611. The predicted octanol–water partition coefficient (Wildman–Crippen LogP) is 1.29. The van der Waals surface area contributed by atoms with Crippen molar-refractivity contribution in [3.05, 3.63) is 23.8 Å². The fourth-order valence-electron chi connectivity index (χ4n) is 3.06. The van der Waals surface area contributed by atoms with Gasteiger partial charge < -0.3 is 15.2 Å². The molecule has 1 saturated heterocycles. The van der Waals surface area contributed by atoms with Crippen LogP contribution in [-0.2, 0) is 14.8 Å². The van der Waals surface area contributed by atoms with Crippen LogP contribution in [0.15, 0.2) is 23.1 Å². The molecule has 0 radical (unpaired) electrons. The number of rotatable bonds is 8. The molecule has 1 atom stereocenters. The SMILES string of the molecule is CCOc1ccc(S(=O)(=O)N2CCC[C@@H](C(=O)NCCCO)C2)cc1C. The molecule has 1 aliphatic rings. The van der Waals surface area contributed by atoms with Crippen LogP contribution in [0.4, 0.5) is 0 Å². The molecule has 0 spiro atoms. The molecule has 0 unspecified atom stereocenters. The number of carbonyl (C=O) groups is 1. The molecule has 1 heterocycles. The number of nitrogens with one attached hydrogen (secondary N) is 1. The van der Waals surface area contributed by atoms with Gasteiger partial charge >= 0.3 is 0 Å². The maximum Gasteiger partial charge on any atom is 0.243 e. The van der Waals surface area contributed by atoms with E-state index in [1.54, 1.807) is 18.2 Å². The third-order valence-electron chi connectivity index (χ3n) is 4.47. The quantitative estimate of drug-likeness (QED) is 0.659.